The molecule has 0 aliphatic carbocycles. The predicted octanol–water partition coefficient (Wildman–Crippen LogP) is 5.11. The third-order valence-electron chi connectivity index (χ3n) is 3.72. The second kappa shape index (κ2) is 9.01. The Labute approximate surface area is 166 Å². The Hall–Kier alpha value is -2.38. The van der Waals surface area contributed by atoms with Gasteiger partial charge in [-0.1, -0.05) is 47.3 Å². The fraction of sp³-hybridized carbons (Fsp3) is 0.150. The van der Waals surface area contributed by atoms with Crippen LogP contribution in [0.1, 0.15) is 11.1 Å². The molecule has 0 aliphatic heterocycles. The van der Waals surface area contributed by atoms with E-state index in [2.05, 4.69) is 21.4 Å². The van der Waals surface area contributed by atoms with E-state index < -0.39 is 0 Å². The maximum absolute atomic E-state index is 13.6. The second-order valence-electron chi connectivity index (χ2n) is 5.83. The van der Waals surface area contributed by atoms with Gasteiger partial charge in [-0.25, -0.2) is 14.4 Å². The minimum atomic E-state index is -0.341. The number of nitrogens with zero attached hydrogens (tertiary/aromatic N) is 2. The first-order chi connectivity index (χ1) is 13.0. The number of hydrogen-bond acceptors (Lipinski definition) is 5. The van der Waals surface area contributed by atoms with Gasteiger partial charge in [0.2, 0.25) is 5.91 Å². The molecule has 2 aromatic carbocycles. The van der Waals surface area contributed by atoms with Crippen LogP contribution in [0.4, 0.5) is 10.1 Å². The highest BCUT2D eigenvalue weighted by Crippen LogP contribution is 2.32. The van der Waals surface area contributed by atoms with E-state index >= 15 is 0 Å². The largest absolute Gasteiger partial charge is 0.325 e. The molecule has 1 N–H and O–H groups in total. The van der Waals surface area contributed by atoms with Crippen LogP contribution in [-0.4, -0.2) is 21.6 Å². The van der Waals surface area contributed by atoms with Crippen molar-refractivity contribution in [1.82, 2.24) is 9.97 Å². The summed E-state index contributed by atoms with van der Waals surface area (Å²) in [6.45, 7) is 3.67. The van der Waals surface area contributed by atoms with Gasteiger partial charge in [0.15, 0.2) is 0 Å². The number of halogens is 1. The summed E-state index contributed by atoms with van der Waals surface area (Å²) in [5.74, 6) is -0.396. The van der Waals surface area contributed by atoms with Crippen molar-refractivity contribution in [2.75, 3.05) is 11.1 Å². The minimum Gasteiger partial charge on any atom is -0.325 e. The van der Waals surface area contributed by atoms with Crippen LogP contribution in [-0.2, 0) is 4.79 Å². The lowest BCUT2D eigenvalue weighted by molar-refractivity contribution is -0.113. The summed E-state index contributed by atoms with van der Waals surface area (Å²) in [5.41, 5.74) is 2.07. The summed E-state index contributed by atoms with van der Waals surface area (Å²) in [6, 6.07) is 12.7. The smallest absolute Gasteiger partial charge is 0.234 e. The van der Waals surface area contributed by atoms with Crippen molar-refractivity contribution < 1.29 is 9.18 Å². The van der Waals surface area contributed by atoms with Crippen LogP contribution in [0.25, 0.3) is 0 Å². The number of aryl methyl sites for hydroxylation is 1. The molecule has 3 aromatic rings. The Bertz CT molecular complexity index is 965. The normalized spacial score (nSPS) is 10.6. The molecule has 0 unspecified atom stereocenters. The fourth-order valence-electron chi connectivity index (χ4n) is 2.34. The molecule has 1 aromatic heterocycles. The number of aromatic nitrogens is 2. The van der Waals surface area contributed by atoms with Crippen molar-refractivity contribution in [3.63, 3.8) is 0 Å². The SMILES string of the molecule is Cc1cccc(Sc2nccnc2SCC(=O)Nc2cccc(F)c2C)c1. The molecule has 1 amide bonds. The average Bonchev–Trinajstić information content (AvgIpc) is 2.65. The Morgan fingerprint density at radius 3 is 2.59 bits per heavy atom. The lowest BCUT2D eigenvalue weighted by atomic mass is 10.2. The number of benzene rings is 2. The number of rotatable bonds is 6. The van der Waals surface area contributed by atoms with Crippen molar-refractivity contribution in [1.29, 1.82) is 0 Å². The number of nitrogens with one attached hydrogen (secondary N) is 1. The van der Waals surface area contributed by atoms with Gasteiger partial charge in [0.1, 0.15) is 15.9 Å². The molecule has 4 nitrogen and oxygen atoms in total. The van der Waals surface area contributed by atoms with Crippen molar-refractivity contribution in [3.8, 4) is 0 Å². The van der Waals surface area contributed by atoms with Crippen molar-refractivity contribution in [2.45, 2.75) is 28.8 Å². The predicted molar refractivity (Wildman–Crippen MR) is 108 cm³/mol. The monoisotopic (exact) mass is 399 g/mol. The van der Waals surface area contributed by atoms with E-state index in [9.17, 15) is 9.18 Å². The molecule has 0 saturated carbocycles. The highest BCUT2D eigenvalue weighted by Gasteiger charge is 2.12. The van der Waals surface area contributed by atoms with Crippen molar-refractivity contribution >= 4 is 35.1 Å². The quantitative estimate of drug-likeness (QED) is 0.584. The van der Waals surface area contributed by atoms with Crippen LogP contribution in [0.15, 0.2) is 69.8 Å². The first kappa shape index (κ1) is 19.4. The molecule has 7 heteroatoms. The van der Waals surface area contributed by atoms with Gasteiger partial charge in [-0.15, -0.1) is 0 Å². The van der Waals surface area contributed by atoms with E-state index in [1.807, 2.05) is 25.1 Å². The third kappa shape index (κ3) is 5.30. The highest BCUT2D eigenvalue weighted by molar-refractivity contribution is 8.02. The van der Waals surface area contributed by atoms with E-state index in [4.69, 9.17) is 0 Å². The van der Waals surface area contributed by atoms with Crippen LogP contribution in [0.2, 0.25) is 0 Å². The van der Waals surface area contributed by atoms with Crippen LogP contribution < -0.4 is 5.32 Å². The van der Waals surface area contributed by atoms with E-state index in [-0.39, 0.29) is 17.5 Å². The molecule has 0 aliphatic rings. The zero-order valence-corrected chi connectivity index (χ0v) is 16.5. The molecule has 1 heterocycles. The molecule has 0 radical (unpaired) electrons. The Morgan fingerprint density at radius 2 is 1.81 bits per heavy atom. The van der Waals surface area contributed by atoms with Gasteiger partial charge in [0.25, 0.3) is 0 Å². The number of anilines is 1. The molecule has 0 saturated heterocycles. The maximum atomic E-state index is 13.6. The summed E-state index contributed by atoms with van der Waals surface area (Å²) < 4.78 is 13.6. The summed E-state index contributed by atoms with van der Waals surface area (Å²) >= 11 is 2.82. The number of thioether (sulfide) groups is 1. The van der Waals surface area contributed by atoms with E-state index in [0.29, 0.717) is 16.3 Å². The van der Waals surface area contributed by atoms with Crippen molar-refractivity contribution in [3.05, 3.63) is 71.8 Å². The van der Waals surface area contributed by atoms with Crippen LogP contribution >= 0.6 is 23.5 Å². The average molecular weight is 400 g/mol. The molecular weight excluding hydrogens is 381 g/mol. The number of carbonyl (C=O) groups excluding carboxylic acids is 1. The summed E-state index contributed by atoms with van der Waals surface area (Å²) in [6.07, 6.45) is 3.25. The fourth-order valence-corrected chi connectivity index (χ4v) is 4.16. The summed E-state index contributed by atoms with van der Waals surface area (Å²) in [4.78, 5) is 22.1. The summed E-state index contributed by atoms with van der Waals surface area (Å²) in [7, 11) is 0. The van der Waals surface area contributed by atoms with Crippen LogP contribution in [0.5, 0.6) is 0 Å². The lowest BCUT2D eigenvalue weighted by Gasteiger charge is -2.10. The first-order valence-corrected chi connectivity index (χ1v) is 10.1. The molecule has 138 valence electrons. The Morgan fingerprint density at radius 1 is 1.07 bits per heavy atom. The Kier molecular flexibility index (Phi) is 6.47. The van der Waals surface area contributed by atoms with Crippen molar-refractivity contribution in [2.24, 2.45) is 0 Å². The van der Waals surface area contributed by atoms with Crippen LogP contribution in [0, 0.1) is 19.7 Å². The second-order valence-corrected chi connectivity index (χ2v) is 7.86. The topological polar surface area (TPSA) is 54.9 Å². The van der Waals surface area contributed by atoms with Gasteiger partial charge in [-0.3, -0.25) is 4.79 Å². The first-order valence-electron chi connectivity index (χ1n) is 8.26. The zero-order chi connectivity index (χ0) is 19.2. The molecular formula is C20H18FN3OS2. The summed E-state index contributed by atoms with van der Waals surface area (Å²) in [5, 5.41) is 4.19. The number of carbonyl (C=O) groups is 1. The van der Waals surface area contributed by atoms with E-state index in [0.717, 1.165) is 9.92 Å². The molecule has 0 atom stereocenters. The number of amides is 1. The third-order valence-corrected chi connectivity index (χ3v) is 5.81. The van der Waals surface area contributed by atoms with Gasteiger partial charge in [-0.05, 0) is 38.1 Å². The standard InChI is InChI=1S/C20H18FN3OS2/c1-13-5-3-6-15(11-13)27-20-19(22-9-10-23-20)26-12-18(25)24-17-8-4-7-16(21)14(17)2/h3-11H,12H2,1-2H3,(H,24,25). The van der Waals surface area contributed by atoms with Gasteiger partial charge in [-0.2, -0.15) is 0 Å². The van der Waals surface area contributed by atoms with Gasteiger partial charge in [0, 0.05) is 28.5 Å². The zero-order valence-electron chi connectivity index (χ0n) is 14.9. The number of hydrogen-bond donors (Lipinski definition) is 1. The Balaban J connectivity index is 1.66. The lowest BCUT2D eigenvalue weighted by Crippen LogP contribution is -2.15. The van der Waals surface area contributed by atoms with Gasteiger partial charge < -0.3 is 5.32 Å². The van der Waals surface area contributed by atoms with Gasteiger partial charge >= 0.3 is 0 Å². The van der Waals surface area contributed by atoms with Crippen LogP contribution in [0.3, 0.4) is 0 Å². The minimum absolute atomic E-state index is 0.163. The highest BCUT2D eigenvalue weighted by atomic mass is 32.2. The molecule has 0 spiro atoms. The van der Waals surface area contributed by atoms with E-state index in [1.54, 1.807) is 31.5 Å². The maximum Gasteiger partial charge on any atom is 0.234 e. The van der Waals surface area contributed by atoms with E-state index in [1.165, 1.54) is 35.2 Å². The molecule has 0 fully saturated rings. The molecule has 27 heavy (non-hydrogen) atoms. The molecule has 3 rings (SSSR count). The van der Waals surface area contributed by atoms with Gasteiger partial charge in [0.05, 0.1) is 5.75 Å². The molecule has 0 bridgehead atoms.